The third-order valence-electron chi connectivity index (χ3n) is 4.95. The number of aromatic nitrogens is 4. The molecule has 0 spiro atoms. The minimum Gasteiger partial charge on any atom is -0.489 e. The van der Waals surface area contributed by atoms with Crippen LogP contribution >= 0.6 is 0 Å². The van der Waals surface area contributed by atoms with E-state index in [0.29, 0.717) is 12.5 Å². The molecule has 0 atom stereocenters. The van der Waals surface area contributed by atoms with E-state index < -0.39 is 0 Å². The van der Waals surface area contributed by atoms with Crippen molar-refractivity contribution in [3.63, 3.8) is 0 Å². The van der Waals surface area contributed by atoms with E-state index in [2.05, 4.69) is 37.2 Å². The number of benzene rings is 1. The first-order valence-electron chi connectivity index (χ1n) is 9.24. The van der Waals surface area contributed by atoms with Crippen molar-refractivity contribution in [2.75, 3.05) is 13.1 Å². The average molecular weight is 365 g/mol. The van der Waals surface area contributed by atoms with Crippen LogP contribution in [0, 0.1) is 0 Å². The molecule has 1 fully saturated rings. The van der Waals surface area contributed by atoms with Crippen LogP contribution in [-0.2, 0) is 13.2 Å². The summed E-state index contributed by atoms with van der Waals surface area (Å²) < 4.78 is 5.81. The lowest BCUT2D eigenvalue weighted by Gasteiger charge is -2.30. The summed E-state index contributed by atoms with van der Waals surface area (Å²) in [6.45, 7) is 3.44. The number of likely N-dealkylation sites (tertiary alicyclic amines) is 1. The maximum atomic E-state index is 11.2. The Morgan fingerprint density at radius 2 is 1.93 bits per heavy atom. The van der Waals surface area contributed by atoms with E-state index in [4.69, 9.17) is 4.74 Å². The quantitative estimate of drug-likeness (QED) is 0.701. The molecule has 0 bridgehead atoms. The molecule has 2 N–H and O–H groups in total. The van der Waals surface area contributed by atoms with Gasteiger partial charge in [-0.1, -0.05) is 18.2 Å². The molecule has 1 aliphatic rings. The molecular formula is C20H23N5O2. The van der Waals surface area contributed by atoms with E-state index in [9.17, 15) is 4.79 Å². The van der Waals surface area contributed by atoms with Gasteiger partial charge < -0.3 is 4.74 Å². The van der Waals surface area contributed by atoms with Gasteiger partial charge in [0.15, 0.2) is 0 Å². The second-order valence-corrected chi connectivity index (χ2v) is 6.91. The Morgan fingerprint density at radius 1 is 1.11 bits per heavy atom. The van der Waals surface area contributed by atoms with E-state index in [0.717, 1.165) is 49.6 Å². The number of hydrogen-bond donors (Lipinski definition) is 2. The molecular weight excluding hydrogens is 342 g/mol. The predicted octanol–water partition coefficient (Wildman–Crippen LogP) is 2.45. The first-order valence-corrected chi connectivity index (χ1v) is 9.24. The summed E-state index contributed by atoms with van der Waals surface area (Å²) in [6, 6.07) is 12.2. The first-order chi connectivity index (χ1) is 13.3. The Hall–Kier alpha value is -2.93. The van der Waals surface area contributed by atoms with Gasteiger partial charge >= 0.3 is 5.69 Å². The van der Waals surface area contributed by atoms with Gasteiger partial charge in [-0.05, 0) is 49.7 Å². The van der Waals surface area contributed by atoms with Gasteiger partial charge in [-0.15, -0.1) is 0 Å². The van der Waals surface area contributed by atoms with Gasteiger partial charge in [0.25, 0.3) is 0 Å². The lowest BCUT2D eigenvalue weighted by atomic mass is 9.96. The third-order valence-corrected chi connectivity index (χ3v) is 4.95. The van der Waals surface area contributed by atoms with Gasteiger partial charge in [0.2, 0.25) is 0 Å². The third kappa shape index (κ3) is 4.62. The molecule has 0 unspecified atom stereocenters. The molecule has 7 heteroatoms. The zero-order valence-electron chi connectivity index (χ0n) is 15.1. The zero-order valence-corrected chi connectivity index (χ0v) is 15.1. The minimum absolute atomic E-state index is 0.224. The van der Waals surface area contributed by atoms with Crippen LogP contribution in [0.2, 0.25) is 0 Å². The first kappa shape index (κ1) is 17.5. The highest BCUT2D eigenvalue weighted by atomic mass is 16.5. The van der Waals surface area contributed by atoms with Crippen LogP contribution in [0.3, 0.4) is 0 Å². The molecule has 27 heavy (non-hydrogen) atoms. The molecule has 140 valence electrons. The fourth-order valence-corrected chi connectivity index (χ4v) is 3.44. The van der Waals surface area contributed by atoms with Gasteiger partial charge in [-0.2, -0.15) is 5.10 Å². The van der Waals surface area contributed by atoms with Crippen LogP contribution in [0.25, 0.3) is 0 Å². The number of aromatic amines is 2. The number of H-pyrrole nitrogens is 2. The van der Waals surface area contributed by atoms with Crippen LogP contribution in [0.15, 0.2) is 53.6 Å². The average Bonchev–Trinajstić information content (AvgIpc) is 3.15. The maximum absolute atomic E-state index is 11.2. The van der Waals surface area contributed by atoms with Gasteiger partial charge in [-0.25, -0.2) is 9.89 Å². The minimum atomic E-state index is -0.224. The van der Waals surface area contributed by atoms with Gasteiger partial charge in [0.1, 0.15) is 18.2 Å². The largest absolute Gasteiger partial charge is 0.489 e. The monoisotopic (exact) mass is 365 g/mol. The highest BCUT2D eigenvalue weighted by Gasteiger charge is 2.22. The lowest BCUT2D eigenvalue weighted by Crippen LogP contribution is -2.32. The fraction of sp³-hybridized carbons (Fsp3) is 0.350. The van der Waals surface area contributed by atoms with Crippen molar-refractivity contribution in [3.8, 4) is 5.75 Å². The van der Waals surface area contributed by atoms with Crippen molar-refractivity contribution in [1.29, 1.82) is 0 Å². The van der Waals surface area contributed by atoms with Crippen molar-refractivity contribution in [3.05, 3.63) is 76.2 Å². The van der Waals surface area contributed by atoms with Crippen LogP contribution < -0.4 is 10.4 Å². The van der Waals surface area contributed by atoms with Gasteiger partial charge in [0.05, 0.1) is 0 Å². The molecule has 1 aliphatic heterocycles. The number of nitrogens with one attached hydrogen (secondary N) is 2. The van der Waals surface area contributed by atoms with Gasteiger partial charge in [-0.3, -0.25) is 14.9 Å². The van der Waals surface area contributed by atoms with E-state index in [1.165, 1.54) is 5.56 Å². The number of piperidine rings is 1. The molecule has 0 saturated carbocycles. The second kappa shape index (κ2) is 8.18. The smallest absolute Gasteiger partial charge is 0.340 e. The Balaban J connectivity index is 1.26. The summed E-state index contributed by atoms with van der Waals surface area (Å²) in [5, 5.41) is 6.52. The number of hydrogen-bond acceptors (Lipinski definition) is 5. The summed E-state index contributed by atoms with van der Waals surface area (Å²) in [4.78, 5) is 20.5. The SMILES string of the molecule is O=c1[nH]nc(C2CCN(Cc3ccc(OCc4cccnc4)cc3)CC2)[nH]1. The van der Waals surface area contributed by atoms with Crippen LogP contribution in [-0.4, -0.2) is 38.2 Å². The van der Waals surface area contributed by atoms with E-state index in [1.54, 1.807) is 6.20 Å². The number of pyridine rings is 1. The van der Waals surface area contributed by atoms with Crippen LogP contribution in [0.4, 0.5) is 0 Å². The van der Waals surface area contributed by atoms with Crippen LogP contribution in [0.1, 0.15) is 35.7 Å². The van der Waals surface area contributed by atoms with Crippen molar-refractivity contribution < 1.29 is 4.74 Å². The normalized spacial score (nSPS) is 15.7. The molecule has 2 aromatic heterocycles. The molecule has 4 rings (SSSR count). The van der Waals surface area contributed by atoms with Crippen molar-refractivity contribution in [2.24, 2.45) is 0 Å². The van der Waals surface area contributed by atoms with E-state index >= 15 is 0 Å². The molecule has 7 nitrogen and oxygen atoms in total. The summed E-state index contributed by atoms with van der Waals surface area (Å²) in [6.07, 6.45) is 5.59. The van der Waals surface area contributed by atoms with Crippen molar-refractivity contribution >= 4 is 0 Å². The molecule has 1 aromatic carbocycles. The predicted molar refractivity (Wildman–Crippen MR) is 101 cm³/mol. The maximum Gasteiger partial charge on any atom is 0.340 e. The lowest BCUT2D eigenvalue weighted by molar-refractivity contribution is 0.201. The summed E-state index contributed by atoms with van der Waals surface area (Å²) in [5.74, 6) is 1.99. The topological polar surface area (TPSA) is 86.9 Å². The number of nitrogens with zero attached hydrogens (tertiary/aromatic N) is 3. The summed E-state index contributed by atoms with van der Waals surface area (Å²) in [5.41, 5.74) is 2.11. The molecule has 0 amide bonds. The Bertz CT molecular complexity index is 896. The Kier molecular flexibility index (Phi) is 5.29. The highest BCUT2D eigenvalue weighted by Crippen LogP contribution is 2.25. The standard InChI is InChI=1S/C20H23N5O2/c26-20-22-19(23-24-20)17-7-10-25(11-8-17)13-15-3-5-18(6-4-15)27-14-16-2-1-9-21-12-16/h1-6,9,12,17H,7-8,10-11,13-14H2,(H2,22,23,24,26). The van der Waals surface area contributed by atoms with Crippen molar-refractivity contribution in [1.82, 2.24) is 25.1 Å². The highest BCUT2D eigenvalue weighted by molar-refractivity contribution is 5.27. The second-order valence-electron chi connectivity index (χ2n) is 6.91. The molecule has 0 aliphatic carbocycles. The summed E-state index contributed by atoms with van der Waals surface area (Å²) in [7, 11) is 0. The van der Waals surface area contributed by atoms with Crippen molar-refractivity contribution in [2.45, 2.75) is 31.9 Å². The van der Waals surface area contributed by atoms with E-state index in [-0.39, 0.29) is 5.69 Å². The molecule has 3 heterocycles. The van der Waals surface area contributed by atoms with Crippen LogP contribution in [0.5, 0.6) is 5.75 Å². The molecule has 3 aromatic rings. The Labute approximate surface area is 157 Å². The Morgan fingerprint density at radius 3 is 2.59 bits per heavy atom. The molecule has 1 saturated heterocycles. The summed E-state index contributed by atoms with van der Waals surface area (Å²) >= 11 is 0. The van der Waals surface area contributed by atoms with Gasteiger partial charge in [0, 0.05) is 30.4 Å². The number of rotatable bonds is 6. The fourth-order valence-electron chi connectivity index (χ4n) is 3.44. The molecule has 0 radical (unpaired) electrons. The number of ether oxygens (including phenoxy) is 1. The zero-order chi connectivity index (χ0) is 18.5. The van der Waals surface area contributed by atoms with E-state index in [1.807, 2.05) is 30.5 Å².